The number of hydrogen-bond acceptors (Lipinski definition) is 2. The molecular weight excluding hydrogens is 194 g/mol. The minimum Gasteiger partial charge on any atom is -0.481 e. The second-order valence-electron chi connectivity index (χ2n) is 4.28. The van der Waals surface area contributed by atoms with E-state index in [2.05, 4.69) is 5.32 Å². The van der Waals surface area contributed by atoms with Crippen molar-refractivity contribution in [1.82, 2.24) is 5.32 Å². The van der Waals surface area contributed by atoms with Crippen LogP contribution in [-0.4, -0.2) is 22.5 Å². The molecule has 1 amide bonds. The Labute approximate surface area is 91.1 Å². The van der Waals surface area contributed by atoms with Gasteiger partial charge in [-0.05, 0) is 19.8 Å². The van der Waals surface area contributed by atoms with Crippen LogP contribution in [0.3, 0.4) is 0 Å². The van der Waals surface area contributed by atoms with Crippen molar-refractivity contribution in [3.05, 3.63) is 0 Å². The van der Waals surface area contributed by atoms with Crippen molar-refractivity contribution in [2.75, 3.05) is 0 Å². The molecule has 0 aromatic heterocycles. The van der Waals surface area contributed by atoms with Crippen molar-refractivity contribution in [3.8, 4) is 0 Å². The molecule has 15 heavy (non-hydrogen) atoms. The smallest absolute Gasteiger partial charge is 0.305 e. The molecule has 0 bridgehead atoms. The molecule has 0 aliphatic heterocycles. The molecule has 0 aliphatic rings. The summed E-state index contributed by atoms with van der Waals surface area (Å²) < 4.78 is 0. The Balaban J connectivity index is 4.43. The maximum absolute atomic E-state index is 11.6. The van der Waals surface area contributed by atoms with Gasteiger partial charge in [0.25, 0.3) is 0 Å². The second-order valence-corrected chi connectivity index (χ2v) is 4.28. The van der Waals surface area contributed by atoms with E-state index in [9.17, 15) is 9.59 Å². The van der Waals surface area contributed by atoms with Crippen LogP contribution in [0.2, 0.25) is 0 Å². The zero-order valence-electron chi connectivity index (χ0n) is 9.96. The Hall–Kier alpha value is -1.06. The third-order valence-electron chi connectivity index (χ3n) is 2.81. The summed E-state index contributed by atoms with van der Waals surface area (Å²) in [5, 5.41) is 11.5. The molecule has 2 atom stereocenters. The molecule has 0 heterocycles. The van der Waals surface area contributed by atoms with Crippen LogP contribution >= 0.6 is 0 Å². The van der Waals surface area contributed by atoms with Gasteiger partial charge in [-0.3, -0.25) is 9.59 Å². The number of carboxylic acids is 1. The van der Waals surface area contributed by atoms with E-state index < -0.39 is 11.5 Å². The maximum Gasteiger partial charge on any atom is 0.305 e. The predicted octanol–water partition coefficient (Wildman–Crippen LogP) is 1.79. The number of nitrogens with one attached hydrogen (secondary N) is 1. The molecule has 0 aromatic carbocycles. The minimum absolute atomic E-state index is 0.0360. The average molecular weight is 215 g/mol. The van der Waals surface area contributed by atoms with Gasteiger partial charge in [-0.2, -0.15) is 0 Å². The number of carboxylic acid groups (broad SMARTS) is 1. The topological polar surface area (TPSA) is 66.4 Å². The van der Waals surface area contributed by atoms with Crippen molar-refractivity contribution in [2.45, 2.75) is 52.5 Å². The lowest BCUT2D eigenvalue weighted by Crippen LogP contribution is -2.48. The summed E-state index contributed by atoms with van der Waals surface area (Å²) in [6, 6.07) is 0. The first-order valence-corrected chi connectivity index (χ1v) is 5.38. The fourth-order valence-electron chi connectivity index (χ4n) is 1.20. The van der Waals surface area contributed by atoms with Gasteiger partial charge in [0.05, 0.1) is 6.42 Å². The van der Waals surface area contributed by atoms with E-state index >= 15 is 0 Å². The van der Waals surface area contributed by atoms with Gasteiger partial charge in [-0.15, -0.1) is 0 Å². The SMILES string of the molecule is CC[C@H](C)C(=O)N[C@](C)(CC)CC(=O)O. The molecule has 2 N–H and O–H groups in total. The molecule has 0 saturated heterocycles. The van der Waals surface area contributed by atoms with E-state index in [-0.39, 0.29) is 18.2 Å². The number of carbonyl (C=O) groups excluding carboxylic acids is 1. The number of aliphatic carboxylic acids is 1. The number of amides is 1. The van der Waals surface area contributed by atoms with Gasteiger partial charge in [0.15, 0.2) is 0 Å². The molecule has 0 aromatic rings. The Bertz CT molecular complexity index is 240. The van der Waals surface area contributed by atoms with Crippen LogP contribution in [0.1, 0.15) is 47.0 Å². The minimum atomic E-state index is -0.885. The summed E-state index contributed by atoms with van der Waals surface area (Å²) in [5.41, 5.74) is -0.633. The maximum atomic E-state index is 11.6. The first kappa shape index (κ1) is 13.9. The van der Waals surface area contributed by atoms with E-state index in [0.29, 0.717) is 6.42 Å². The van der Waals surface area contributed by atoms with Gasteiger partial charge in [-0.1, -0.05) is 20.8 Å². The van der Waals surface area contributed by atoms with Gasteiger partial charge < -0.3 is 10.4 Å². The lowest BCUT2D eigenvalue weighted by atomic mass is 9.93. The second kappa shape index (κ2) is 5.73. The first-order chi connectivity index (χ1) is 6.84. The average Bonchev–Trinajstić information content (AvgIpc) is 2.15. The zero-order valence-corrected chi connectivity index (χ0v) is 9.96. The molecule has 0 saturated carbocycles. The Morgan fingerprint density at radius 1 is 1.40 bits per heavy atom. The van der Waals surface area contributed by atoms with Gasteiger partial charge in [0.2, 0.25) is 5.91 Å². The highest BCUT2D eigenvalue weighted by Gasteiger charge is 2.28. The summed E-state index contributed by atoms with van der Waals surface area (Å²) in [4.78, 5) is 22.3. The van der Waals surface area contributed by atoms with Crippen LogP contribution in [0.5, 0.6) is 0 Å². The first-order valence-electron chi connectivity index (χ1n) is 5.38. The molecular formula is C11H21NO3. The Kier molecular flexibility index (Phi) is 5.33. The number of rotatable bonds is 6. The van der Waals surface area contributed by atoms with Crippen LogP contribution in [0.25, 0.3) is 0 Å². The Morgan fingerprint density at radius 3 is 2.27 bits per heavy atom. The van der Waals surface area contributed by atoms with E-state index in [1.165, 1.54) is 0 Å². The van der Waals surface area contributed by atoms with Gasteiger partial charge in [0.1, 0.15) is 0 Å². The largest absolute Gasteiger partial charge is 0.481 e. The summed E-state index contributed by atoms with van der Waals surface area (Å²) >= 11 is 0. The zero-order chi connectivity index (χ0) is 12.1. The van der Waals surface area contributed by atoms with Gasteiger partial charge in [0, 0.05) is 11.5 Å². The molecule has 4 nitrogen and oxygen atoms in total. The highest BCUT2D eigenvalue weighted by Crippen LogP contribution is 2.15. The highest BCUT2D eigenvalue weighted by atomic mass is 16.4. The van der Waals surface area contributed by atoms with E-state index in [1.54, 1.807) is 6.92 Å². The van der Waals surface area contributed by atoms with Crippen molar-refractivity contribution in [1.29, 1.82) is 0 Å². The summed E-state index contributed by atoms with van der Waals surface area (Å²) in [7, 11) is 0. The van der Waals surface area contributed by atoms with Crippen molar-refractivity contribution < 1.29 is 14.7 Å². The van der Waals surface area contributed by atoms with Gasteiger partial charge >= 0.3 is 5.97 Å². The lowest BCUT2D eigenvalue weighted by molar-refractivity contribution is -0.139. The van der Waals surface area contributed by atoms with E-state index in [1.807, 2.05) is 20.8 Å². The summed E-state index contributed by atoms with van der Waals surface area (Å²) in [6.45, 7) is 7.41. The normalized spacial score (nSPS) is 16.5. The highest BCUT2D eigenvalue weighted by molar-refractivity contribution is 5.80. The van der Waals surface area contributed by atoms with Crippen molar-refractivity contribution >= 4 is 11.9 Å². The monoisotopic (exact) mass is 215 g/mol. The van der Waals surface area contributed by atoms with E-state index in [0.717, 1.165) is 6.42 Å². The fraction of sp³-hybridized carbons (Fsp3) is 0.818. The number of hydrogen-bond donors (Lipinski definition) is 2. The molecule has 4 heteroatoms. The van der Waals surface area contributed by atoms with Crippen LogP contribution in [0.4, 0.5) is 0 Å². The third-order valence-corrected chi connectivity index (χ3v) is 2.81. The quantitative estimate of drug-likeness (QED) is 0.710. The summed E-state index contributed by atoms with van der Waals surface area (Å²) in [6.07, 6.45) is 1.34. The standard InChI is InChI=1S/C11H21NO3/c1-5-8(3)10(15)12-11(4,6-2)7-9(13)14/h8H,5-7H2,1-4H3,(H,12,15)(H,13,14)/t8-,11+/m0/s1. The molecule has 0 fully saturated rings. The predicted molar refractivity (Wildman–Crippen MR) is 58.5 cm³/mol. The molecule has 88 valence electrons. The van der Waals surface area contributed by atoms with Crippen molar-refractivity contribution in [2.24, 2.45) is 5.92 Å². The third kappa shape index (κ3) is 4.81. The molecule has 0 rings (SSSR count). The molecule has 0 spiro atoms. The number of carbonyl (C=O) groups is 2. The fourth-order valence-corrected chi connectivity index (χ4v) is 1.20. The van der Waals surface area contributed by atoms with Crippen LogP contribution in [0.15, 0.2) is 0 Å². The lowest BCUT2D eigenvalue weighted by Gasteiger charge is -2.29. The molecule has 0 radical (unpaired) electrons. The van der Waals surface area contributed by atoms with Gasteiger partial charge in [-0.25, -0.2) is 0 Å². The molecule has 0 aliphatic carbocycles. The van der Waals surface area contributed by atoms with E-state index in [4.69, 9.17) is 5.11 Å². The van der Waals surface area contributed by atoms with Crippen LogP contribution in [-0.2, 0) is 9.59 Å². The Morgan fingerprint density at radius 2 is 1.93 bits per heavy atom. The molecule has 0 unspecified atom stereocenters. The van der Waals surface area contributed by atoms with Crippen molar-refractivity contribution in [3.63, 3.8) is 0 Å². The van der Waals surface area contributed by atoms with Crippen LogP contribution in [0, 0.1) is 5.92 Å². The summed E-state index contributed by atoms with van der Waals surface area (Å²) in [5.74, 6) is -1.02. The van der Waals surface area contributed by atoms with Crippen LogP contribution < -0.4 is 5.32 Å².